The second-order valence-electron chi connectivity index (χ2n) is 7.64. The summed E-state index contributed by atoms with van der Waals surface area (Å²) < 4.78 is 59.0. The molecule has 1 aromatic carbocycles. The Labute approximate surface area is 176 Å². The van der Waals surface area contributed by atoms with Crippen molar-refractivity contribution in [3.05, 3.63) is 59.3 Å². The molecule has 0 unspecified atom stereocenters. The lowest BCUT2D eigenvalue weighted by atomic mass is 10.0. The summed E-state index contributed by atoms with van der Waals surface area (Å²) in [6.45, 7) is 7.84. The lowest BCUT2D eigenvalue weighted by Crippen LogP contribution is -2.08. The Bertz CT molecular complexity index is 1250. The van der Waals surface area contributed by atoms with Crippen LogP contribution < -0.4 is 0 Å². The van der Waals surface area contributed by atoms with Crippen LogP contribution in [-0.2, 0) is 12.7 Å². The van der Waals surface area contributed by atoms with Crippen LogP contribution in [0.3, 0.4) is 0 Å². The summed E-state index contributed by atoms with van der Waals surface area (Å²) in [4.78, 5) is 4.58. The standard InChI is InChI=1S/C22H21F4N5/c1-5-30-13(4)16(11-27-30)18-10-17(22(24,25)26)19-20(12(2)3)29-31(21(19)28-18)15-8-6-14(23)7-9-15/h6-12H,5H2,1-4H3. The van der Waals surface area contributed by atoms with Gasteiger partial charge in [0.05, 0.1) is 34.2 Å². The predicted molar refractivity (Wildman–Crippen MR) is 110 cm³/mol. The third-order valence-corrected chi connectivity index (χ3v) is 5.27. The van der Waals surface area contributed by atoms with E-state index in [-0.39, 0.29) is 28.3 Å². The normalized spacial score (nSPS) is 12.3. The van der Waals surface area contributed by atoms with Gasteiger partial charge in [-0.1, -0.05) is 13.8 Å². The van der Waals surface area contributed by atoms with E-state index >= 15 is 0 Å². The fraction of sp³-hybridized carbons (Fsp3) is 0.318. The van der Waals surface area contributed by atoms with E-state index in [4.69, 9.17) is 0 Å². The first-order chi connectivity index (χ1) is 14.6. The van der Waals surface area contributed by atoms with Crippen LogP contribution in [0.15, 0.2) is 36.5 Å². The number of rotatable bonds is 4. The van der Waals surface area contributed by atoms with Gasteiger partial charge < -0.3 is 0 Å². The summed E-state index contributed by atoms with van der Waals surface area (Å²) in [5.41, 5.74) is 1.39. The number of aromatic nitrogens is 5. The minimum atomic E-state index is -4.61. The zero-order chi connectivity index (χ0) is 22.5. The van der Waals surface area contributed by atoms with Crippen LogP contribution in [0.5, 0.6) is 0 Å². The van der Waals surface area contributed by atoms with Gasteiger partial charge in [-0.2, -0.15) is 23.4 Å². The van der Waals surface area contributed by atoms with E-state index in [9.17, 15) is 17.6 Å². The smallest absolute Gasteiger partial charge is 0.269 e. The van der Waals surface area contributed by atoms with E-state index in [0.29, 0.717) is 17.8 Å². The molecule has 4 aromatic rings. The zero-order valence-electron chi connectivity index (χ0n) is 17.5. The molecule has 9 heteroatoms. The van der Waals surface area contributed by atoms with Gasteiger partial charge in [-0.05, 0) is 50.1 Å². The molecule has 0 atom stereocenters. The zero-order valence-corrected chi connectivity index (χ0v) is 17.5. The van der Waals surface area contributed by atoms with Crippen molar-refractivity contribution in [2.75, 3.05) is 0 Å². The van der Waals surface area contributed by atoms with Crippen LogP contribution in [0.1, 0.15) is 43.6 Å². The molecule has 31 heavy (non-hydrogen) atoms. The van der Waals surface area contributed by atoms with Gasteiger partial charge in [0.1, 0.15) is 5.82 Å². The fourth-order valence-corrected chi connectivity index (χ4v) is 3.69. The molecular formula is C22H21F4N5. The summed E-state index contributed by atoms with van der Waals surface area (Å²) >= 11 is 0. The Morgan fingerprint density at radius 2 is 1.77 bits per heavy atom. The third kappa shape index (κ3) is 3.58. The minimum Gasteiger partial charge on any atom is -0.269 e. The first kappa shape index (κ1) is 21.0. The van der Waals surface area contributed by atoms with Gasteiger partial charge in [0.15, 0.2) is 5.65 Å². The van der Waals surface area contributed by atoms with Crippen LogP contribution in [0.4, 0.5) is 17.6 Å². The first-order valence-electron chi connectivity index (χ1n) is 9.91. The second-order valence-corrected chi connectivity index (χ2v) is 7.64. The van der Waals surface area contributed by atoms with Crippen molar-refractivity contribution >= 4 is 11.0 Å². The molecule has 0 bridgehead atoms. The number of alkyl halides is 3. The Morgan fingerprint density at radius 1 is 1.10 bits per heavy atom. The molecule has 0 aliphatic heterocycles. The van der Waals surface area contributed by atoms with Crippen molar-refractivity contribution in [3.63, 3.8) is 0 Å². The van der Waals surface area contributed by atoms with Crippen molar-refractivity contribution in [3.8, 4) is 16.9 Å². The topological polar surface area (TPSA) is 48.5 Å². The van der Waals surface area contributed by atoms with Crippen LogP contribution >= 0.6 is 0 Å². The largest absolute Gasteiger partial charge is 0.417 e. The van der Waals surface area contributed by atoms with Gasteiger partial charge in [0.2, 0.25) is 0 Å². The van der Waals surface area contributed by atoms with E-state index in [2.05, 4.69) is 15.2 Å². The SMILES string of the molecule is CCn1ncc(-c2cc(C(F)(F)F)c3c(C(C)C)nn(-c4ccc(F)cc4)c3n2)c1C. The van der Waals surface area contributed by atoms with Gasteiger partial charge in [-0.15, -0.1) is 0 Å². The summed E-state index contributed by atoms with van der Waals surface area (Å²) in [5, 5.41) is 8.64. The molecule has 0 fully saturated rings. The number of pyridine rings is 1. The monoisotopic (exact) mass is 431 g/mol. The maximum atomic E-state index is 14.2. The lowest BCUT2D eigenvalue weighted by molar-refractivity contribution is -0.136. The Balaban J connectivity index is 2.10. The summed E-state index contributed by atoms with van der Waals surface area (Å²) in [5.74, 6) is -0.723. The number of nitrogens with zero attached hydrogens (tertiary/aromatic N) is 5. The quantitative estimate of drug-likeness (QED) is 0.379. The molecule has 0 aliphatic rings. The average Bonchev–Trinajstić information content (AvgIpc) is 3.27. The molecule has 4 rings (SSSR count). The second kappa shape index (κ2) is 7.47. The van der Waals surface area contributed by atoms with E-state index < -0.39 is 17.6 Å². The van der Waals surface area contributed by atoms with Crippen LogP contribution in [-0.4, -0.2) is 24.5 Å². The average molecular weight is 431 g/mol. The third-order valence-electron chi connectivity index (χ3n) is 5.27. The van der Waals surface area contributed by atoms with E-state index in [1.165, 1.54) is 35.1 Å². The van der Waals surface area contributed by atoms with Crippen LogP contribution in [0.2, 0.25) is 0 Å². The Morgan fingerprint density at radius 3 is 2.32 bits per heavy atom. The highest BCUT2D eigenvalue weighted by Crippen LogP contribution is 2.40. The highest BCUT2D eigenvalue weighted by molar-refractivity contribution is 5.87. The molecule has 5 nitrogen and oxygen atoms in total. The lowest BCUT2D eigenvalue weighted by Gasteiger charge is -2.12. The molecule has 0 saturated carbocycles. The van der Waals surface area contributed by atoms with E-state index in [1.54, 1.807) is 25.5 Å². The molecule has 0 N–H and O–H groups in total. The van der Waals surface area contributed by atoms with Gasteiger partial charge in [-0.3, -0.25) is 4.68 Å². The summed E-state index contributed by atoms with van der Waals surface area (Å²) in [6.07, 6.45) is -3.08. The van der Waals surface area contributed by atoms with Crippen molar-refractivity contribution in [2.45, 2.75) is 46.3 Å². The summed E-state index contributed by atoms with van der Waals surface area (Å²) in [6, 6.07) is 6.47. The molecule has 0 radical (unpaired) electrons. The highest BCUT2D eigenvalue weighted by atomic mass is 19.4. The molecule has 162 valence electrons. The number of benzene rings is 1. The number of halogens is 4. The van der Waals surface area contributed by atoms with Gasteiger partial charge in [-0.25, -0.2) is 14.1 Å². The van der Waals surface area contributed by atoms with Gasteiger partial charge in [0.25, 0.3) is 0 Å². The molecule has 0 aliphatic carbocycles. The summed E-state index contributed by atoms with van der Waals surface area (Å²) in [7, 11) is 0. The van der Waals surface area contributed by atoms with Crippen LogP contribution in [0.25, 0.3) is 28.0 Å². The number of aryl methyl sites for hydroxylation is 1. The maximum Gasteiger partial charge on any atom is 0.417 e. The van der Waals surface area contributed by atoms with Gasteiger partial charge in [0, 0.05) is 17.8 Å². The Hall–Kier alpha value is -3.23. The van der Waals surface area contributed by atoms with Gasteiger partial charge >= 0.3 is 6.18 Å². The minimum absolute atomic E-state index is 0.0453. The van der Waals surface area contributed by atoms with Crippen molar-refractivity contribution < 1.29 is 17.6 Å². The molecule has 3 heterocycles. The highest BCUT2D eigenvalue weighted by Gasteiger charge is 2.37. The number of hydrogen-bond donors (Lipinski definition) is 0. The van der Waals surface area contributed by atoms with Crippen molar-refractivity contribution in [2.24, 2.45) is 0 Å². The van der Waals surface area contributed by atoms with Crippen molar-refractivity contribution in [1.82, 2.24) is 24.5 Å². The Kier molecular flexibility index (Phi) is 5.07. The molecular weight excluding hydrogens is 410 g/mol. The molecule has 3 aromatic heterocycles. The van der Waals surface area contributed by atoms with Crippen molar-refractivity contribution in [1.29, 1.82) is 0 Å². The van der Waals surface area contributed by atoms with E-state index in [1.807, 2.05) is 6.92 Å². The number of fused-ring (bicyclic) bond motifs is 1. The molecule has 0 spiro atoms. The first-order valence-corrected chi connectivity index (χ1v) is 9.91. The van der Waals surface area contributed by atoms with Crippen LogP contribution in [0, 0.1) is 12.7 Å². The molecule has 0 saturated heterocycles. The predicted octanol–water partition coefficient (Wildman–Crippen LogP) is 5.89. The molecule has 0 amide bonds. The fourth-order valence-electron chi connectivity index (χ4n) is 3.69. The maximum absolute atomic E-state index is 14.2. The van der Waals surface area contributed by atoms with E-state index in [0.717, 1.165) is 11.8 Å². The number of hydrogen-bond acceptors (Lipinski definition) is 3.